The Labute approximate surface area is 92.5 Å². The van der Waals surface area contributed by atoms with E-state index in [9.17, 15) is 5.11 Å². The van der Waals surface area contributed by atoms with Gasteiger partial charge in [-0.25, -0.2) is 0 Å². The van der Waals surface area contributed by atoms with Gasteiger partial charge in [-0.15, -0.1) is 0 Å². The van der Waals surface area contributed by atoms with Crippen LogP contribution in [0.4, 0.5) is 0 Å². The molecule has 5 heteroatoms. The van der Waals surface area contributed by atoms with Gasteiger partial charge in [0.25, 0.3) is 0 Å². The Hall–Kier alpha value is -0.970. The highest BCUT2D eigenvalue weighted by molar-refractivity contribution is 6.32. The van der Waals surface area contributed by atoms with Crippen molar-refractivity contribution in [2.45, 2.75) is 19.1 Å². The molecule has 0 spiro atoms. The molecule has 0 aromatic heterocycles. The molecule has 0 radical (unpaired) electrons. The zero-order valence-corrected chi connectivity index (χ0v) is 8.99. The topological polar surface area (TPSA) is 64.7 Å². The van der Waals surface area contributed by atoms with Gasteiger partial charge in [0.2, 0.25) is 6.79 Å². The Morgan fingerprint density at radius 3 is 2.87 bits per heavy atom. The van der Waals surface area contributed by atoms with Gasteiger partial charge >= 0.3 is 0 Å². The van der Waals surface area contributed by atoms with Crippen LogP contribution in [0, 0.1) is 0 Å². The third-order valence-electron chi connectivity index (χ3n) is 2.29. The summed E-state index contributed by atoms with van der Waals surface area (Å²) in [4.78, 5) is 0. The fraction of sp³-hybridized carbons (Fsp3) is 0.400. The second kappa shape index (κ2) is 3.89. The molecule has 4 nitrogen and oxygen atoms in total. The number of halogens is 1. The quantitative estimate of drug-likeness (QED) is 0.806. The van der Waals surface area contributed by atoms with Gasteiger partial charge in [-0.2, -0.15) is 0 Å². The van der Waals surface area contributed by atoms with Crippen LogP contribution >= 0.6 is 11.6 Å². The molecule has 1 aliphatic rings. The zero-order chi connectivity index (χ0) is 11.0. The largest absolute Gasteiger partial charge is 0.454 e. The molecule has 2 unspecified atom stereocenters. The van der Waals surface area contributed by atoms with Crippen molar-refractivity contribution >= 4 is 11.6 Å². The first-order chi connectivity index (χ1) is 7.09. The molecule has 0 aliphatic carbocycles. The van der Waals surface area contributed by atoms with Gasteiger partial charge in [0.15, 0.2) is 11.5 Å². The van der Waals surface area contributed by atoms with Gasteiger partial charge in [0, 0.05) is 6.04 Å². The monoisotopic (exact) mass is 229 g/mol. The van der Waals surface area contributed by atoms with Gasteiger partial charge in [-0.3, -0.25) is 0 Å². The molecule has 2 atom stereocenters. The SMILES string of the molecule is CC(N)C(O)c1cc(Cl)c2c(c1)OCO2. The van der Waals surface area contributed by atoms with Crippen molar-refractivity contribution in [1.82, 2.24) is 0 Å². The van der Waals surface area contributed by atoms with Crippen LogP contribution < -0.4 is 15.2 Å². The van der Waals surface area contributed by atoms with Crippen molar-refractivity contribution < 1.29 is 14.6 Å². The van der Waals surface area contributed by atoms with E-state index < -0.39 is 6.10 Å². The third kappa shape index (κ3) is 1.88. The average molecular weight is 230 g/mol. The minimum atomic E-state index is -0.753. The maximum Gasteiger partial charge on any atom is 0.231 e. The van der Waals surface area contributed by atoms with Crippen LogP contribution in [0.25, 0.3) is 0 Å². The number of benzene rings is 1. The molecule has 0 bridgehead atoms. The van der Waals surface area contributed by atoms with Crippen LogP contribution in [-0.2, 0) is 0 Å². The van der Waals surface area contributed by atoms with Crippen LogP contribution in [0.15, 0.2) is 12.1 Å². The molecule has 0 saturated heterocycles. The Morgan fingerprint density at radius 1 is 1.47 bits per heavy atom. The number of aliphatic hydroxyl groups is 1. The van der Waals surface area contributed by atoms with Crippen LogP contribution in [0.2, 0.25) is 5.02 Å². The zero-order valence-electron chi connectivity index (χ0n) is 8.24. The molecule has 82 valence electrons. The van der Waals surface area contributed by atoms with Crippen molar-refractivity contribution in [3.63, 3.8) is 0 Å². The van der Waals surface area contributed by atoms with E-state index in [1.807, 2.05) is 0 Å². The lowest BCUT2D eigenvalue weighted by Gasteiger charge is -2.15. The highest BCUT2D eigenvalue weighted by Gasteiger charge is 2.22. The summed E-state index contributed by atoms with van der Waals surface area (Å²) in [6.45, 7) is 1.88. The van der Waals surface area contributed by atoms with Crippen LogP contribution in [-0.4, -0.2) is 17.9 Å². The van der Waals surface area contributed by atoms with Gasteiger partial charge in [-0.1, -0.05) is 11.6 Å². The third-order valence-corrected chi connectivity index (χ3v) is 2.57. The van der Waals surface area contributed by atoms with E-state index in [0.717, 1.165) is 0 Å². The van der Waals surface area contributed by atoms with Crippen molar-refractivity contribution in [2.24, 2.45) is 5.73 Å². The minimum absolute atomic E-state index is 0.160. The van der Waals surface area contributed by atoms with Gasteiger partial charge in [-0.05, 0) is 24.6 Å². The Morgan fingerprint density at radius 2 is 2.20 bits per heavy atom. The molecular weight excluding hydrogens is 218 g/mol. The van der Waals surface area contributed by atoms with Gasteiger partial charge in [0.05, 0.1) is 11.1 Å². The maximum absolute atomic E-state index is 9.77. The van der Waals surface area contributed by atoms with Gasteiger partial charge < -0.3 is 20.3 Å². The molecule has 0 saturated carbocycles. The first kappa shape index (κ1) is 10.5. The Bertz CT molecular complexity index is 381. The summed E-state index contributed by atoms with van der Waals surface area (Å²) in [5, 5.41) is 10.2. The fourth-order valence-corrected chi connectivity index (χ4v) is 1.74. The maximum atomic E-state index is 9.77. The number of ether oxygens (including phenoxy) is 2. The summed E-state index contributed by atoms with van der Waals surface area (Å²) in [6, 6.07) is 2.98. The average Bonchev–Trinajstić information content (AvgIpc) is 2.64. The molecule has 0 fully saturated rings. The highest BCUT2D eigenvalue weighted by Crippen LogP contribution is 2.41. The molecule has 1 aromatic carbocycles. The molecule has 3 N–H and O–H groups in total. The first-order valence-electron chi connectivity index (χ1n) is 4.62. The molecule has 1 aromatic rings. The normalized spacial score (nSPS) is 17.6. The molecular formula is C10H12ClNO3. The second-order valence-corrected chi connectivity index (χ2v) is 3.95. The van der Waals surface area contributed by atoms with Crippen molar-refractivity contribution in [2.75, 3.05) is 6.79 Å². The number of hydrogen-bond donors (Lipinski definition) is 2. The number of hydrogen-bond acceptors (Lipinski definition) is 4. The van der Waals surface area contributed by atoms with E-state index in [1.54, 1.807) is 19.1 Å². The second-order valence-electron chi connectivity index (χ2n) is 3.54. The molecule has 2 rings (SSSR count). The predicted octanol–water partition coefficient (Wildman–Crippen LogP) is 1.45. The molecule has 1 heterocycles. The first-order valence-corrected chi connectivity index (χ1v) is 5.00. The van der Waals surface area contributed by atoms with Crippen molar-refractivity contribution in [1.29, 1.82) is 0 Å². The van der Waals surface area contributed by atoms with E-state index in [-0.39, 0.29) is 12.8 Å². The summed E-state index contributed by atoms with van der Waals surface area (Å²) in [5.74, 6) is 1.08. The number of nitrogens with two attached hydrogens (primary N) is 1. The minimum Gasteiger partial charge on any atom is -0.454 e. The van der Waals surface area contributed by atoms with Crippen LogP contribution in [0.1, 0.15) is 18.6 Å². The van der Waals surface area contributed by atoms with E-state index in [2.05, 4.69) is 0 Å². The number of fused-ring (bicyclic) bond motifs is 1. The molecule has 0 amide bonds. The summed E-state index contributed by atoms with van der Waals surface area (Å²) in [5.41, 5.74) is 6.24. The van der Waals surface area contributed by atoms with E-state index >= 15 is 0 Å². The predicted molar refractivity (Wildman–Crippen MR) is 56.2 cm³/mol. The van der Waals surface area contributed by atoms with E-state index in [4.69, 9.17) is 26.8 Å². The molecule has 15 heavy (non-hydrogen) atoms. The van der Waals surface area contributed by atoms with Crippen LogP contribution in [0.5, 0.6) is 11.5 Å². The Balaban J connectivity index is 2.39. The van der Waals surface area contributed by atoms with Crippen molar-refractivity contribution in [3.8, 4) is 11.5 Å². The van der Waals surface area contributed by atoms with Crippen LogP contribution in [0.3, 0.4) is 0 Å². The lowest BCUT2D eigenvalue weighted by Crippen LogP contribution is -2.24. The summed E-state index contributed by atoms with van der Waals surface area (Å²) < 4.78 is 10.3. The van der Waals surface area contributed by atoms with E-state index in [0.29, 0.717) is 22.1 Å². The summed E-state index contributed by atoms with van der Waals surface area (Å²) in [7, 11) is 0. The standard InChI is InChI=1S/C10H12ClNO3/c1-5(12)9(13)6-2-7(11)10-8(3-6)14-4-15-10/h2-3,5,9,13H,4,12H2,1H3. The van der Waals surface area contributed by atoms with Gasteiger partial charge in [0.1, 0.15) is 0 Å². The number of rotatable bonds is 2. The smallest absolute Gasteiger partial charge is 0.231 e. The number of aliphatic hydroxyl groups excluding tert-OH is 1. The lowest BCUT2D eigenvalue weighted by molar-refractivity contribution is 0.152. The summed E-state index contributed by atoms with van der Waals surface area (Å²) >= 11 is 5.97. The lowest BCUT2D eigenvalue weighted by atomic mass is 10.0. The fourth-order valence-electron chi connectivity index (χ4n) is 1.46. The highest BCUT2D eigenvalue weighted by atomic mass is 35.5. The Kier molecular flexibility index (Phi) is 2.73. The van der Waals surface area contributed by atoms with Crippen molar-refractivity contribution in [3.05, 3.63) is 22.7 Å². The van der Waals surface area contributed by atoms with E-state index in [1.165, 1.54) is 0 Å². The summed E-state index contributed by atoms with van der Waals surface area (Å²) in [6.07, 6.45) is -0.753. The molecule has 1 aliphatic heterocycles.